The van der Waals surface area contributed by atoms with Gasteiger partial charge < -0.3 is 15.2 Å². The van der Waals surface area contributed by atoms with Gasteiger partial charge >= 0.3 is 6.01 Å². The molecule has 4 aromatic rings. The van der Waals surface area contributed by atoms with E-state index in [-0.39, 0.29) is 63.1 Å². The molecule has 2 aromatic carbocycles. The minimum Gasteiger partial charge on any atom is -0.461 e. The SMILES string of the molecule is N#Cc1c(N)sc2c(F)ccc(-c3c4c(c5cnc(OCC67CCCN6CC(=CF)C7)nc5c3F)COC4)c12. The van der Waals surface area contributed by atoms with Gasteiger partial charge in [0, 0.05) is 29.1 Å². The zero-order valence-corrected chi connectivity index (χ0v) is 21.5. The van der Waals surface area contributed by atoms with Crippen molar-refractivity contribution in [2.24, 2.45) is 0 Å². The van der Waals surface area contributed by atoms with E-state index < -0.39 is 11.6 Å². The number of nitriles is 1. The minimum atomic E-state index is -0.632. The molecule has 0 spiro atoms. The molecule has 0 bridgehead atoms. The van der Waals surface area contributed by atoms with Gasteiger partial charge in [-0.2, -0.15) is 10.2 Å². The number of anilines is 1. The predicted molar refractivity (Wildman–Crippen MR) is 141 cm³/mol. The topological polar surface area (TPSA) is 97.3 Å². The molecule has 1 atom stereocenters. The van der Waals surface area contributed by atoms with Gasteiger partial charge in [-0.1, -0.05) is 6.07 Å². The normalized spacial score (nSPS) is 21.6. The van der Waals surface area contributed by atoms with Crippen molar-refractivity contribution >= 4 is 37.3 Å². The summed E-state index contributed by atoms with van der Waals surface area (Å²) >= 11 is 0.961. The van der Waals surface area contributed by atoms with Crippen molar-refractivity contribution in [1.29, 1.82) is 5.26 Å². The molecule has 0 aliphatic carbocycles. The second kappa shape index (κ2) is 8.91. The van der Waals surface area contributed by atoms with Crippen LogP contribution < -0.4 is 10.5 Å². The summed E-state index contributed by atoms with van der Waals surface area (Å²) in [5, 5.41) is 10.7. The van der Waals surface area contributed by atoms with E-state index in [1.54, 1.807) is 0 Å². The summed E-state index contributed by atoms with van der Waals surface area (Å²) in [6, 6.07) is 4.79. The van der Waals surface area contributed by atoms with Crippen LogP contribution in [0.15, 0.2) is 30.2 Å². The smallest absolute Gasteiger partial charge is 0.317 e. The number of rotatable bonds is 4. The van der Waals surface area contributed by atoms with Crippen molar-refractivity contribution in [3.8, 4) is 23.2 Å². The third-order valence-corrected chi connectivity index (χ3v) is 9.22. The van der Waals surface area contributed by atoms with Crippen molar-refractivity contribution in [2.75, 3.05) is 25.4 Å². The highest BCUT2D eigenvalue weighted by Crippen LogP contribution is 2.46. The first-order valence-corrected chi connectivity index (χ1v) is 13.4. The zero-order valence-electron chi connectivity index (χ0n) is 20.7. The van der Waals surface area contributed by atoms with E-state index in [2.05, 4.69) is 14.9 Å². The molecular formula is C28H22F3N5O2S. The van der Waals surface area contributed by atoms with E-state index in [1.165, 1.54) is 18.3 Å². The number of nitrogens with two attached hydrogens (primary N) is 1. The fourth-order valence-electron chi connectivity index (χ4n) is 6.41. The second-order valence-corrected chi connectivity index (χ2v) is 11.3. The number of hydrogen-bond donors (Lipinski definition) is 1. The highest BCUT2D eigenvalue weighted by molar-refractivity contribution is 7.23. The minimum absolute atomic E-state index is 0.0202. The Morgan fingerprint density at radius 1 is 1.28 bits per heavy atom. The number of nitrogens with zero attached hydrogens (tertiary/aromatic N) is 4. The third kappa shape index (κ3) is 3.55. The van der Waals surface area contributed by atoms with E-state index >= 15 is 4.39 Å². The van der Waals surface area contributed by atoms with Crippen LogP contribution in [0, 0.1) is 23.0 Å². The Kier molecular flexibility index (Phi) is 5.56. The van der Waals surface area contributed by atoms with E-state index in [1.807, 2.05) is 6.07 Å². The molecular weight excluding hydrogens is 527 g/mol. The van der Waals surface area contributed by atoms with E-state index in [0.717, 1.165) is 41.9 Å². The highest BCUT2D eigenvalue weighted by Gasteiger charge is 2.47. The van der Waals surface area contributed by atoms with Gasteiger partial charge in [-0.15, -0.1) is 11.3 Å². The number of thiophene rings is 1. The highest BCUT2D eigenvalue weighted by atomic mass is 32.1. The fourth-order valence-corrected chi connectivity index (χ4v) is 7.36. The van der Waals surface area contributed by atoms with Gasteiger partial charge in [-0.05, 0) is 54.1 Å². The molecule has 3 aliphatic heterocycles. The fraction of sp³-hybridized carbons (Fsp3) is 0.321. The summed E-state index contributed by atoms with van der Waals surface area (Å²) < 4.78 is 56.3. The Labute approximate surface area is 225 Å². The van der Waals surface area contributed by atoms with Crippen molar-refractivity contribution in [3.63, 3.8) is 0 Å². The maximum absolute atomic E-state index is 16.4. The Hall–Kier alpha value is -3.72. The van der Waals surface area contributed by atoms with Crippen molar-refractivity contribution in [2.45, 2.75) is 38.0 Å². The molecule has 0 amide bonds. The summed E-state index contributed by atoms with van der Waals surface area (Å²) in [6.45, 7) is 2.09. The average Bonchev–Trinajstić information content (AvgIpc) is 3.70. The number of hydrogen-bond acceptors (Lipinski definition) is 8. The van der Waals surface area contributed by atoms with E-state index in [0.29, 0.717) is 35.8 Å². The number of ether oxygens (including phenoxy) is 2. The summed E-state index contributed by atoms with van der Waals surface area (Å²) in [5.74, 6) is -1.16. The van der Waals surface area contributed by atoms with Crippen LogP contribution in [0.5, 0.6) is 6.01 Å². The number of fused-ring (bicyclic) bond motifs is 5. The lowest BCUT2D eigenvalue weighted by atomic mass is 9.91. The van der Waals surface area contributed by atoms with Crippen LogP contribution in [0.25, 0.3) is 32.1 Å². The summed E-state index contributed by atoms with van der Waals surface area (Å²) in [4.78, 5) is 11.0. The molecule has 11 heteroatoms. The van der Waals surface area contributed by atoms with Crippen LogP contribution in [-0.4, -0.2) is 40.1 Å². The molecule has 3 aliphatic rings. The first-order valence-electron chi connectivity index (χ1n) is 12.6. The number of aromatic nitrogens is 2. The molecule has 0 saturated carbocycles. The molecule has 2 fully saturated rings. The average molecular weight is 550 g/mol. The summed E-state index contributed by atoms with van der Waals surface area (Å²) in [6.07, 6.45) is 4.65. The van der Waals surface area contributed by atoms with Gasteiger partial charge in [0.1, 0.15) is 29.0 Å². The van der Waals surface area contributed by atoms with Gasteiger partial charge in [0.25, 0.3) is 0 Å². The number of nitrogen functional groups attached to an aromatic ring is 1. The van der Waals surface area contributed by atoms with Crippen molar-refractivity contribution < 1.29 is 22.6 Å². The van der Waals surface area contributed by atoms with Gasteiger partial charge in [-0.25, -0.2) is 18.2 Å². The van der Waals surface area contributed by atoms with Gasteiger partial charge in [0.15, 0.2) is 5.82 Å². The molecule has 2 N–H and O–H groups in total. The predicted octanol–water partition coefficient (Wildman–Crippen LogP) is 5.74. The summed E-state index contributed by atoms with van der Waals surface area (Å²) in [5.41, 5.74) is 8.51. The lowest BCUT2D eigenvalue weighted by Gasteiger charge is -2.30. The first-order chi connectivity index (χ1) is 18.9. The second-order valence-electron chi connectivity index (χ2n) is 10.3. The lowest BCUT2D eigenvalue weighted by molar-refractivity contribution is 0.108. The van der Waals surface area contributed by atoms with Gasteiger partial charge in [0.2, 0.25) is 0 Å². The van der Waals surface area contributed by atoms with Crippen LogP contribution in [-0.2, 0) is 18.0 Å². The van der Waals surface area contributed by atoms with E-state index in [4.69, 9.17) is 15.2 Å². The Morgan fingerprint density at radius 3 is 2.95 bits per heavy atom. The third-order valence-electron chi connectivity index (χ3n) is 8.19. The molecule has 7 rings (SSSR count). The Bertz CT molecular complexity index is 1760. The van der Waals surface area contributed by atoms with Crippen LogP contribution >= 0.6 is 11.3 Å². The van der Waals surface area contributed by atoms with E-state index in [9.17, 15) is 14.0 Å². The summed E-state index contributed by atoms with van der Waals surface area (Å²) in [7, 11) is 0. The van der Waals surface area contributed by atoms with Crippen molar-refractivity contribution in [3.05, 3.63) is 58.6 Å². The number of halogens is 3. The molecule has 2 aromatic heterocycles. The molecule has 2 saturated heterocycles. The van der Waals surface area contributed by atoms with Gasteiger partial charge in [0.05, 0.1) is 35.3 Å². The molecule has 198 valence electrons. The van der Waals surface area contributed by atoms with Crippen LogP contribution in [0.4, 0.5) is 18.2 Å². The quantitative estimate of drug-likeness (QED) is 0.347. The van der Waals surface area contributed by atoms with Crippen LogP contribution in [0.2, 0.25) is 0 Å². The van der Waals surface area contributed by atoms with Crippen LogP contribution in [0.3, 0.4) is 0 Å². The Balaban J connectivity index is 1.36. The first kappa shape index (κ1) is 24.3. The zero-order chi connectivity index (χ0) is 26.9. The van der Waals surface area contributed by atoms with Crippen LogP contribution in [0.1, 0.15) is 36.0 Å². The molecule has 39 heavy (non-hydrogen) atoms. The monoisotopic (exact) mass is 549 g/mol. The molecule has 5 heterocycles. The molecule has 1 unspecified atom stereocenters. The lowest BCUT2D eigenvalue weighted by Crippen LogP contribution is -2.43. The van der Waals surface area contributed by atoms with Gasteiger partial charge in [-0.3, -0.25) is 4.90 Å². The standard InChI is InChI=1S/C28H22F3N5O2S/c29-7-14-6-28(4-1-5-36(28)10-14)13-38-27-34-9-17-18-11-37-12-19(18)21(23(31)24(17)35-27)15-2-3-20(30)25-22(15)16(8-32)26(33)39-25/h2-3,7,9H,1,4-6,10-13,33H2. The van der Waals surface area contributed by atoms with Crippen molar-refractivity contribution in [1.82, 2.24) is 14.9 Å². The largest absolute Gasteiger partial charge is 0.461 e. The Morgan fingerprint density at radius 2 is 2.13 bits per heavy atom. The number of benzene rings is 2. The maximum atomic E-state index is 16.4. The molecule has 0 radical (unpaired) electrons. The maximum Gasteiger partial charge on any atom is 0.317 e. The molecule has 7 nitrogen and oxygen atoms in total.